The standard InChI is InChI=1S/C7H14O6/c1-12-7-6(11)5(10)4(9)3(2-8)13-7/h3-11H,2H2,1H3/t3?,4-,5+,6-,7-/m0/s1. The van der Waals surface area contributed by atoms with E-state index in [2.05, 4.69) is 0 Å². The molecule has 1 unspecified atom stereocenters. The Bertz CT molecular complexity index is 143. The molecule has 0 amide bonds. The fraction of sp³-hybridized carbons (Fsp3) is 1.00. The highest BCUT2D eigenvalue weighted by molar-refractivity contribution is 4.88. The summed E-state index contributed by atoms with van der Waals surface area (Å²) < 4.78 is 9.65. The van der Waals surface area contributed by atoms with Gasteiger partial charge >= 0.3 is 0 Å². The first-order chi connectivity index (χ1) is 6.11. The van der Waals surface area contributed by atoms with Crippen molar-refractivity contribution in [1.82, 2.24) is 0 Å². The zero-order chi connectivity index (χ0) is 10.0. The molecule has 0 aliphatic carbocycles. The first-order valence-corrected chi connectivity index (χ1v) is 3.95. The van der Waals surface area contributed by atoms with Crippen LogP contribution in [0.5, 0.6) is 0 Å². The van der Waals surface area contributed by atoms with Crippen molar-refractivity contribution in [3.63, 3.8) is 0 Å². The van der Waals surface area contributed by atoms with Gasteiger partial charge in [-0.1, -0.05) is 0 Å². The Labute approximate surface area is 75.3 Å². The summed E-state index contributed by atoms with van der Waals surface area (Å²) in [6.07, 6.45) is -5.91. The molecule has 1 heterocycles. The van der Waals surface area contributed by atoms with Gasteiger partial charge in [-0.15, -0.1) is 0 Å². The van der Waals surface area contributed by atoms with Crippen molar-refractivity contribution in [2.75, 3.05) is 13.7 Å². The normalized spacial score (nSPS) is 46.4. The van der Waals surface area contributed by atoms with Gasteiger partial charge in [-0.05, 0) is 0 Å². The fourth-order valence-corrected chi connectivity index (χ4v) is 1.26. The molecular formula is C7H14O6. The van der Waals surface area contributed by atoms with E-state index in [4.69, 9.17) is 14.6 Å². The third-order valence-corrected chi connectivity index (χ3v) is 2.08. The first-order valence-electron chi connectivity index (χ1n) is 3.95. The van der Waals surface area contributed by atoms with Crippen LogP contribution in [0.2, 0.25) is 0 Å². The smallest absolute Gasteiger partial charge is 0.186 e. The molecule has 1 saturated heterocycles. The highest BCUT2D eigenvalue weighted by atomic mass is 16.7. The molecule has 0 bridgehead atoms. The van der Waals surface area contributed by atoms with Gasteiger partial charge in [0.2, 0.25) is 0 Å². The number of aliphatic hydroxyl groups excluding tert-OH is 4. The van der Waals surface area contributed by atoms with E-state index >= 15 is 0 Å². The van der Waals surface area contributed by atoms with Crippen LogP contribution in [0.4, 0.5) is 0 Å². The monoisotopic (exact) mass is 194 g/mol. The number of methoxy groups -OCH3 is 1. The molecule has 0 aromatic carbocycles. The van der Waals surface area contributed by atoms with Gasteiger partial charge in [-0.2, -0.15) is 0 Å². The number of rotatable bonds is 2. The molecular weight excluding hydrogens is 180 g/mol. The van der Waals surface area contributed by atoms with Crippen LogP contribution >= 0.6 is 0 Å². The molecule has 0 radical (unpaired) electrons. The van der Waals surface area contributed by atoms with Crippen molar-refractivity contribution in [3.05, 3.63) is 0 Å². The van der Waals surface area contributed by atoms with Gasteiger partial charge in [0.15, 0.2) is 6.29 Å². The molecule has 1 aliphatic heterocycles. The maximum Gasteiger partial charge on any atom is 0.186 e. The second-order valence-electron chi connectivity index (χ2n) is 2.93. The average Bonchev–Trinajstić information content (AvgIpc) is 2.15. The summed E-state index contributed by atoms with van der Waals surface area (Å²) in [5.74, 6) is 0. The van der Waals surface area contributed by atoms with E-state index in [1.807, 2.05) is 0 Å². The van der Waals surface area contributed by atoms with Gasteiger partial charge in [0.05, 0.1) is 6.61 Å². The Kier molecular flexibility index (Phi) is 3.60. The molecule has 0 saturated carbocycles. The zero-order valence-corrected chi connectivity index (χ0v) is 7.20. The Morgan fingerprint density at radius 1 is 1.15 bits per heavy atom. The van der Waals surface area contributed by atoms with E-state index < -0.39 is 37.3 Å². The summed E-state index contributed by atoms with van der Waals surface area (Å²) in [6, 6.07) is 0. The maximum absolute atomic E-state index is 9.28. The van der Waals surface area contributed by atoms with Crippen molar-refractivity contribution < 1.29 is 29.9 Å². The summed E-state index contributed by atoms with van der Waals surface area (Å²) >= 11 is 0. The van der Waals surface area contributed by atoms with Crippen LogP contribution in [0.3, 0.4) is 0 Å². The molecule has 1 rings (SSSR count). The lowest BCUT2D eigenvalue weighted by Crippen LogP contribution is -2.58. The van der Waals surface area contributed by atoms with Gasteiger partial charge < -0.3 is 29.9 Å². The van der Waals surface area contributed by atoms with Crippen LogP contribution in [-0.2, 0) is 9.47 Å². The fourth-order valence-electron chi connectivity index (χ4n) is 1.26. The van der Waals surface area contributed by atoms with Gasteiger partial charge in [-0.25, -0.2) is 0 Å². The van der Waals surface area contributed by atoms with E-state index in [1.165, 1.54) is 7.11 Å². The molecule has 0 spiro atoms. The van der Waals surface area contributed by atoms with Crippen molar-refractivity contribution in [2.45, 2.75) is 30.7 Å². The highest BCUT2D eigenvalue weighted by Crippen LogP contribution is 2.20. The van der Waals surface area contributed by atoms with Crippen LogP contribution in [0.25, 0.3) is 0 Å². The summed E-state index contributed by atoms with van der Waals surface area (Å²) in [6.45, 7) is -0.440. The summed E-state index contributed by atoms with van der Waals surface area (Å²) in [4.78, 5) is 0. The Hall–Kier alpha value is -0.240. The van der Waals surface area contributed by atoms with Gasteiger partial charge in [0.1, 0.15) is 24.4 Å². The largest absolute Gasteiger partial charge is 0.394 e. The van der Waals surface area contributed by atoms with Gasteiger partial charge in [0.25, 0.3) is 0 Å². The minimum Gasteiger partial charge on any atom is -0.394 e. The van der Waals surface area contributed by atoms with Crippen LogP contribution < -0.4 is 0 Å². The second-order valence-corrected chi connectivity index (χ2v) is 2.93. The third kappa shape index (κ3) is 1.98. The molecule has 0 aromatic rings. The lowest BCUT2D eigenvalue weighted by molar-refractivity contribution is -0.294. The minimum absolute atomic E-state index is 0.440. The molecule has 0 aromatic heterocycles. The molecule has 5 atom stereocenters. The van der Waals surface area contributed by atoms with Crippen LogP contribution in [0, 0.1) is 0 Å². The molecule has 13 heavy (non-hydrogen) atoms. The Balaban J connectivity index is 2.66. The topological polar surface area (TPSA) is 99.4 Å². The lowest BCUT2D eigenvalue weighted by Gasteiger charge is -2.38. The summed E-state index contributed by atoms with van der Waals surface area (Å²) in [7, 11) is 1.30. The third-order valence-electron chi connectivity index (χ3n) is 2.08. The van der Waals surface area contributed by atoms with Crippen LogP contribution in [0.1, 0.15) is 0 Å². The van der Waals surface area contributed by atoms with E-state index in [9.17, 15) is 15.3 Å². The zero-order valence-electron chi connectivity index (χ0n) is 7.20. The van der Waals surface area contributed by atoms with E-state index in [0.717, 1.165) is 0 Å². The Morgan fingerprint density at radius 3 is 2.23 bits per heavy atom. The molecule has 1 aliphatic rings. The molecule has 6 heteroatoms. The van der Waals surface area contributed by atoms with Crippen molar-refractivity contribution in [2.24, 2.45) is 0 Å². The van der Waals surface area contributed by atoms with Gasteiger partial charge in [-0.3, -0.25) is 0 Å². The quantitative estimate of drug-likeness (QED) is 0.386. The van der Waals surface area contributed by atoms with Gasteiger partial charge in [0, 0.05) is 7.11 Å². The number of hydrogen-bond acceptors (Lipinski definition) is 6. The lowest BCUT2D eigenvalue weighted by atomic mass is 9.99. The highest BCUT2D eigenvalue weighted by Gasteiger charge is 2.43. The van der Waals surface area contributed by atoms with Crippen LogP contribution in [-0.4, -0.2) is 64.8 Å². The first kappa shape index (κ1) is 10.8. The molecule has 6 nitrogen and oxygen atoms in total. The second kappa shape index (κ2) is 4.32. The Morgan fingerprint density at radius 2 is 1.77 bits per heavy atom. The summed E-state index contributed by atoms with van der Waals surface area (Å²) in [5.41, 5.74) is 0. The number of aliphatic hydroxyl groups is 4. The van der Waals surface area contributed by atoms with Crippen molar-refractivity contribution >= 4 is 0 Å². The SMILES string of the molecule is CO[C@H]1OC(CO)[C@H](O)[C@@H](O)[C@@H]1O. The van der Waals surface area contributed by atoms with Crippen molar-refractivity contribution in [3.8, 4) is 0 Å². The summed E-state index contributed by atoms with van der Waals surface area (Å²) in [5, 5.41) is 36.6. The van der Waals surface area contributed by atoms with Crippen LogP contribution in [0.15, 0.2) is 0 Å². The van der Waals surface area contributed by atoms with Crippen molar-refractivity contribution in [1.29, 1.82) is 0 Å². The molecule has 4 N–H and O–H groups in total. The number of hydrogen-bond donors (Lipinski definition) is 4. The minimum atomic E-state index is -1.36. The van der Waals surface area contributed by atoms with E-state index in [0.29, 0.717) is 0 Å². The van der Waals surface area contributed by atoms with E-state index in [-0.39, 0.29) is 0 Å². The predicted molar refractivity (Wildman–Crippen MR) is 40.8 cm³/mol. The molecule has 1 fully saturated rings. The molecule has 78 valence electrons. The average molecular weight is 194 g/mol. The predicted octanol–water partition coefficient (Wildman–Crippen LogP) is -2.57. The van der Waals surface area contributed by atoms with E-state index in [1.54, 1.807) is 0 Å². The maximum atomic E-state index is 9.28. The number of ether oxygens (including phenoxy) is 2.